The van der Waals surface area contributed by atoms with Crippen molar-refractivity contribution in [3.8, 4) is 0 Å². The highest BCUT2D eigenvalue weighted by molar-refractivity contribution is 6.34. The molecule has 2 aromatic carbocycles. The van der Waals surface area contributed by atoms with Crippen molar-refractivity contribution < 1.29 is 9.90 Å². The van der Waals surface area contributed by atoms with Crippen LogP contribution in [0.5, 0.6) is 0 Å². The Bertz CT molecular complexity index is 666. The number of nitrogens with zero attached hydrogens (tertiary/aromatic N) is 1. The molecule has 0 aromatic heterocycles. The number of nitrogens with one attached hydrogen (secondary N) is 1. The Labute approximate surface area is 148 Å². The molecule has 2 N–H and O–H groups in total. The molecule has 128 valence electrons. The standard InChI is InChI=1S/C19H23ClN2O2/c1-14-10-15(2)19(17(20)11-14)21-18(24)13-22(8-9-23)12-16-6-4-3-5-7-16/h3-7,10-11,23H,8-9,12-13H2,1-2H3,(H,21,24). The molecule has 2 rings (SSSR count). The van der Waals surface area contributed by atoms with Crippen molar-refractivity contribution in [3.63, 3.8) is 0 Å². The van der Waals surface area contributed by atoms with Crippen LogP contribution in [-0.4, -0.2) is 35.6 Å². The zero-order valence-electron chi connectivity index (χ0n) is 14.1. The summed E-state index contributed by atoms with van der Waals surface area (Å²) in [4.78, 5) is 14.3. The Balaban J connectivity index is 2.03. The maximum Gasteiger partial charge on any atom is 0.238 e. The van der Waals surface area contributed by atoms with E-state index in [9.17, 15) is 9.90 Å². The van der Waals surface area contributed by atoms with Crippen LogP contribution in [-0.2, 0) is 11.3 Å². The molecule has 0 unspecified atom stereocenters. The van der Waals surface area contributed by atoms with Gasteiger partial charge in [0.25, 0.3) is 0 Å². The fraction of sp³-hybridized carbons (Fsp3) is 0.316. The number of carbonyl (C=O) groups is 1. The Morgan fingerprint density at radius 2 is 1.92 bits per heavy atom. The first-order chi connectivity index (χ1) is 11.5. The zero-order chi connectivity index (χ0) is 17.5. The number of benzene rings is 2. The number of aliphatic hydroxyl groups is 1. The normalized spacial score (nSPS) is 10.9. The van der Waals surface area contributed by atoms with Gasteiger partial charge in [-0.05, 0) is 36.6 Å². The molecule has 0 bridgehead atoms. The summed E-state index contributed by atoms with van der Waals surface area (Å²) in [5, 5.41) is 12.7. The van der Waals surface area contributed by atoms with E-state index in [0.717, 1.165) is 16.7 Å². The van der Waals surface area contributed by atoms with Crippen LogP contribution in [0.4, 0.5) is 5.69 Å². The van der Waals surface area contributed by atoms with Crippen molar-refractivity contribution in [2.45, 2.75) is 20.4 Å². The van der Waals surface area contributed by atoms with Crippen LogP contribution >= 0.6 is 11.6 Å². The monoisotopic (exact) mass is 346 g/mol. The van der Waals surface area contributed by atoms with E-state index < -0.39 is 0 Å². The van der Waals surface area contributed by atoms with Crippen LogP contribution in [0, 0.1) is 13.8 Å². The number of halogens is 1. The number of hydrogen-bond donors (Lipinski definition) is 2. The van der Waals surface area contributed by atoms with Crippen molar-refractivity contribution >= 4 is 23.2 Å². The second kappa shape index (κ2) is 8.83. The number of aryl methyl sites for hydroxylation is 2. The molecule has 2 aromatic rings. The largest absolute Gasteiger partial charge is 0.395 e. The minimum atomic E-state index is -0.145. The van der Waals surface area contributed by atoms with Gasteiger partial charge in [-0.2, -0.15) is 0 Å². The van der Waals surface area contributed by atoms with E-state index in [1.807, 2.05) is 61.2 Å². The predicted molar refractivity (Wildman–Crippen MR) is 98.4 cm³/mol. The molecule has 1 amide bonds. The molecule has 4 nitrogen and oxygen atoms in total. The van der Waals surface area contributed by atoms with E-state index in [1.54, 1.807) is 0 Å². The second-order valence-electron chi connectivity index (χ2n) is 5.91. The molecule has 5 heteroatoms. The summed E-state index contributed by atoms with van der Waals surface area (Å²) in [5.41, 5.74) is 3.74. The minimum absolute atomic E-state index is 0.00439. The maximum atomic E-state index is 12.4. The van der Waals surface area contributed by atoms with Crippen LogP contribution < -0.4 is 5.32 Å². The molecule has 0 radical (unpaired) electrons. The van der Waals surface area contributed by atoms with Crippen molar-refractivity contribution in [1.29, 1.82) is 0 Å². The fourth-order valence-electron chi connectivity index (χ4n) is 2.65. The van der Waals surface area contributed by atoms with Crippen LogP contribution in [0.25, 0.3) is 0 Å². The summed E-state index contributed by atoms with van der Waals surface area (Å²) in [6.07, 6.45) is 0. The van der Waals surface area contributed by atoms with Gasteiger partial charge in [-0.15, -0.1) is 0 Å². The quantitative estimate of drug-likeness (QED) is 0.808. The highest BCUT2D eigenvalue weighted by Crippen LogP contribution is 2.27. The topological polar surface area (TPSA) is 52.6 Å². The highest BCUT2D eigenvalue weighted by Gasteiger charge is 2.14. The van der Waals surface area contributed by atoms with Gasteiger partial charge >= 0.3 is 0 Å². The van der Waals surface area contributed by atoms with E-state index in [0.29, 0.717) is 23.8 Å². The number of amides is 1. The van der Waals surface area contributed by atoms with Gasteiger partial charge in [0.15, 0.2) is 0 Å². The van der Waals surface area contributed by atoms with Gasteiger partial charge < -0.3 is 10.4 Å². The molecular formula is C19H23ClN2O2. The van der Waals surface area contributed by atoms with Crippen molar-refractivity contribution in [2.24, 2.45) is 0 Å². The zero-order valence-corrected chi connectivity index (χ0v) is 14.8. The van der Waals surface area contributed by atoms with Gasteiger partial charge in [0.1, 0.15) is 0 Å². The molecule has 0 spiro atoms. The van der Waals surface area contributed by atoms with E-state index in [-0.39, 0.29) is 19.1 Å². The lowest BCUT2D eigenvalue weighted by atomic mass is 10.1. The Morgan fingerprint density at radius 1 is 1.21 bits per heavy atom. The number of carbonyl (C=O) groups excluding carboxylic acids is 1. The Morgan fingerprint density at radius 3 is 2.54 bits per heavy atom. The average Bonchev–Trinajstić information content (AvgIpc) is 2.52. The van der Waals surface area contributed by atoms with E-state index in [2.05, 4.69) is 5.32 Å². The van der Waals surface area contributed by atoms with Crippen molar-refractivity contribution in [2.75, 3.05) is 25.0 Å². The maximum absolute atomic E-state index is 12.4. The summed E-state index contributed by atoms with van der Waals surface area (Å²) in [5.74, 6) is -0.145. The molecule has 0 saturated heterocycles. The lowest BCUT2D eigenvalue weighted by Gasteiger charge is -2.21. The van der Waals surface area contributed by atoms with Crippen LogP contribution in [0.2, 0.25) is 5.02 Å². The summed E-state index contributed by atoms with van der Waals surface area (Å²) in [6, 6.07) is 13.7. The Hall–Kier alpha value is -1.88. The summed E-state index contributed by atoms with van der Waals surface area (Å²) in [7, 11) is 0. The number of hydrogen-bond acceptors (Lipinski definition) is 3. The first-order valence-electron chi connectivity index (χ1n) is 7.93. The van der Waals surface area contributed by atoms with Crippen LogP contribution in [0.15, 0.2) is 42.5 Å². The van der Waals surface area contributed by atoms with Gasteiger partial charge in [-0.1, -0.05) is 48.0 Å². The number of aliphatic hydroxyl groups excluding tert-OH is 1. The van der Waals surface area contributed by atoms with Crippen molar-refractivity contribution in [3.05, 3.63) is 64.2 Å². The molecule has 0 fully saturated rings. The lowest BCUT2D eigenvalue weighted by Crippen LogP contribution is -2.35. The molecule has 0 aliphatic rings. The lowest BCUT2D eigenvalue weighted by molar-refractivity contribution is -0.117. The number of rotatable bonds is 7. The Kier molecular flexibility index (Phi) is 6.79. The van der Waals surface area contributed by atoms with Gasteiger partial charge in [0.05, 0.1) is 23.9 Å². The molecule has 0 aliphatic heterocycles. The van der Waals surface area contributed by atoms with E-state index in [1.165, 1.54) is 0 Å². The third-order valence-corrected chi connectivity index (χ3v) is 4.03. The predicted octanol–water partition coefficient (Wildman–Crippen LogP) is 3.39. The SMILES string of the molecule is Cc1cc(C)c(NC(=O)CN(CCO)Cc2ccccc2)c(Cl)c1. The average molecular weight is 347 g/mol. The molecular weight excluding hydrogens is 324 g/mol. The molecule has 0 heterocycles. The van der Waals surface area contributed by atoms with E-state index >= 15 is 0 Å². The van der Waals surface area contributed by atoms with Crippen LogP contribution in [0.1, 0.15) is 16.7 Å². The fourth-order valence-corrected chi connectivity index (χ4v) is 3.02. The van der Waals surface area contributed by atoms with Gasteiger partial charge in [0, 0.05) is 13.1 Å². The molecule has 0 aliphatic carbocycles. The van der Waals surface area contributed by atoms with E-state index in [4.69, 9.17) is 11.6 Å². The third-order valence-electron chi connectivity index (χ3n) is 3.73. The second-order valence-corrected chi connectivity index (χ2v) is 6.31. The molecule has 24 heavy (non-hydrogen) atoms. The van der Waals surface area contributed by atoms with Gasteiger partial charge in [-0.25, -0.2) is 0 Å². The van der Waals surface area contributed by atoms with Crippen LogP contribution in [0.3, 0.4) is 0 Å². The summed E-state index contributed by atoms with van der Waals surface area (Å²) >= 11 is 6.24. The smallest absolute Gasteiger partial charge is 0.238 e. The molecule has 0 atom stereocenters. The van der Waals surface area contributed by atoms with Gasteiger partial charge in [0.2, 0.25) is 5.91 Å². The third kappa shape index (κ3) is 5.34. The van der Waals surface area contributed by atoms with Crippen molar-refractivity contribution in [1.82, 2.24) is 4.90 Å². The summed E-state index contributed by atoms with van der Waals surface area (Å²) < 4.78 is 0. The first-order valence-corrected chi connectivity index (χ1v) is 8.31. The summed E-state index contributed by atoms with van der Waals surface area (Å²) in [6.45, 7) is 5.12. The van der Waals surface area contributed by atoms with Gasteiger partial charge in [-0.3, -0.25) is 9.69 Å². The number of anilines is 1. The molecule has 0 saturated carbocycles. The highest BCUT2D eigenvalue weighted by atomic mass is 35.5. The minimum Gasteiger partial charge on any atom is -0.395 e. The first kappa shape index (κ1) is 18.5.